The van der Waals surface area contributed by atoms with Gasteiger partial charge in [0, 0.05) is 50.8 Å². The summed E-state index contributed by atoms with van der Waals surface area (Å²) in [6.45, 7) is -0.300. The van der Waals surface area contributed by atoms with E-state index in [1.54, 1.807) is 18.2 Å². The molecule has 0 aliphatic carbocycles. The van der Waals surface area contributed by atoms with Gasteiger partial charge in [0.15, 0.2) is 46.2 Å². The predicted molar refractivity (Wildman–Crippen MR) is 179 cm³/mol. The molecule has 0 spiro atoms. The van der Waals surface area contributed by atoms with Crippen LogP contribution in [0, 0.1) is 11.6 Å². The molecule has 4 N–H and O–H groups in total. The summed E-state index contributed by atoms with van der Waals surface area (Å²) in [7, 11) is 2.68. The van der Waals surface area contributed by atoms with Crippen LogP contribution in [0.2, 0.25) is 0 Å². The van der Waals surface area contributed by atoms with Crippen LogP contribution < -0.4 is 24.7 Å². The number of thiophene rings is 2. The van der Waals surface area contributed by atoms with Crippen molar-refractivity contribution in [3.05, 3.63) is 75.0 Å². The first-order valence-corrected chi connectivity index (χ1v) is 16.3. The van der Waals surface area contributed by atoms with Crippen LogP contribution in [0.25, 0.3) is 20.2 Å². The van der Waals surface area contributed by atoms with Gasteiger partial charge in [-0.05, 0) is 41.5 Å². The first kappa shape index (κ1) is 35.0. The normalized spacial score (nSPS) is 11.1. The van der Waals surface area contributed by atoms with Crippen molar-refractivity contribution < 1.29 is 57.1 Å². The van der Waals surface area contributed by atoms with E-state index in [1.165, 1.54) is 38.5 Å². The van der Waals surface area contributed by atoms with E-state index in [0.717, 1.165) is 22.7 Å². The Morgan fingerprint density at radius 3 is 1.43 bits per heavy atom. The van der Waals surface area contributed by atoms with Crippen molar-refractivity contribution in [3.63, 3.8) is 0 Å². The van der Waals surface area contributed by atoms with Crippen molar-refractivity contribution in [2.45, 2.75) is 38.9 Å². The predicted octanol–water partition coefficient (Wildman–Crippen LogP) is 7.25. The lowest BCUT2D eigenvalue weighted by Gasteiger charge is -2.15. The first-order chi connectivity index (χ1) is 23.4. The highest BCUT2D eigenvalue weighted by atomic mass is 32.1. The zero-order valence-corrected chi connectivity index (χ0v) is 27.7. The molecule has 0 atom stereocenters. The molecule has 0 radical (unpaired) electrons. The second-order valence-corrected chi connectivity index (χ2v) is 13.0. The van der Waals surface area contributed by atoms with Gasteiger partial charge in [0.1, 0.15) is 13.2 Å². The number of hydrogen-bond donors (Lipinski definition) is 3. The molecule has 0 unspecified atom stereocenters. The molecule has 0 amide bonds. The maximum atomic E-state index is 15.7. The standard InChI is InChI=1S/C34H29F2NO10S2/c1-44-23-12-25-19(10-27(48-25)21(38)3-5-29(40)41)31(35)33(23)46-14-16-7-17(9-18(37)8-16)15-47-34-24(45-2)13-26-20(32(34)36)11-28(49-26)22(39)4-6-30(42)43/h7-13H,3-6,14-15,37H2,1-2H3,(H,40,41)(H,42,43). The fourth-order valence-corrected chi connectivity index (χ4v) is 7.11. The monoisotopic (exact) mass is 713 g/mol. The van der Waals surface area contributed by atoms with Crippen LogP contribution in [0.4, 0.5) is 14.5 Å². The third-order valence-electron chi connectivity index (χ3n) is 7.33. The Kier molecular flexibility index (Phi) is 10.6. The summed E-state index contributed by atoms with van der Waals surface area (Å²) in [6.07, 6.45) is -1.11. The number of benzene rings is 3. The number of methoxy groups -OCH3 is 2. The molecule has 3 aromatic carbocycles. The van der Waals surface area contributed by atoms with Crippen LogP contribution >= 0.6 is 22.7 Å². The van der Waals surface area contributed by atoms with Crippen molar-refractivity contribution in [2.75, 3.05) is 20.0 Å². The van der Waals surface area contributed by atoms with E-state index in [-0.39, 0.29) is 82.4 Å². The second-order valence-electron chi connectivity index (χ2n) is 10.8. The molecule has 0 fully saturated rings. The smallest absolute Gasteiger partial charge is 0.303 e. The summed E-state index contributed by atoms with van der Waals surface area (Å²) in [4.78, 5) is 47.0. The molecular weight excluding hydrogens is 685 g/mol. The van der Waals surface area contributed by atoms with Crippen molar-refractivity contribution >= 4 is 72.0 Å². The zero-order valence-electron chi connectivity index (χ0n) is 26.1. The molecule has 256 valence electrons. The lowest BCUT2D eigenvalue weighted by atomic mass is 10.1. The fraction of sp³-hybridized carbons (Fsp3) is 0.235. The fourth-order valence-electron chi connectivity index (χ4n) is 5.00. The van der Waals surface area contributed by atoms with Gasteiger partial charge in [-0.15, -0.1) is 22.7 Å². The highest BCUT2D eigenvalue weighted by Gasteiger charge is 2.23. The molecule has 11 nitrogen and oxygen atoms in total. The number of ether oxygens (including phenoxy) is 4. The van der Waals surface area contributed by atoms with Gasteiger partial charge in [-0.25, -0.2) is 8.78 Å². The number of nitrogen functional groups attached to an aromatic ring is 1. The quantitative estimate of drug-likeness (QED) is 0.0695. The van der Waals surface area contributed by atoms with Crippen LogP contribution in [0.5, 0.6) is 23.0 Å². The van der Waals surface area contributed by atoms with E-state index in [9.17, 15) is 19.2 Å². The lowest BCUT2D eigenvalue weighted by Crippen LogP contribution is -2.04. The van der Waals surface area contributed by atoms with Gasteiger partial charge in [0.05, 0.1) is 36.8 Å². The molecule has 2 aromatic heterocycles. The Morgan fingerprint density at radius 2 is 1.06 bits per heavy atom. The minimum absolute atomic E-state index is 0.0852. The Balaban J connectivity index is 1.34. The van der Waals surface area contributed by atoms with E-state index in [2.05, 4.69) is 0 Å². The number of Topliss-reactive ketones (excluding diaryl/α,β-unsaturated/α-hetero) is 2. The number of carboxylic acids is 2. The van der Waals surface area contributed by atoms with Crippen LogP contribution in [-0.2, 0) is 22.8 Å². The van der Waals surface area contributed by atoms with E-state index >= 15 is 8.78 Å². The molecule has 5 aromatic rings. The summed E-state index contributed by atoms with van der Waals surface area (Å²) in [6, 6.07) is 10.7. The third kappa shape index (κ3) is 7.90. The molecule has 0 bridgehead atoms. The first-order valence-electron chi connectivity index (χ1n) is 14.6. The summed E-state index contributed by atoms with van der Waals surface area (Å²) >= 11 is 2.05. The number of carboxylic acid groups (broad SMARTS) is 2. The number of hydrogen-bond acceptors (Lipinski definition) is 11. The molecule has 0 aliphatic heterocycles. The van der Waals surface area contributed by atoms with Crippen LogP contribution in [0.1, 0.15) is 56.2 Å². The number of aliphatic carboxylic acids is 2. The molecule has 0 aliphatic rings. The Morgan fingerprint density at radius 1 is 0.653 bits per heavy atom. The van der Waals surface area contributed by atoms with Gasteiger partial charge >= 0.3 is 11.9 Å². The zero-order chi connectivity index (χ0) is 35.4. The molecule has 0 saturated carbocycles. The number of anilines is 1. The number of fused-ring (bicyclic) bond motifs is 2. The Hall–Kier alpha value is -5.28. The molecule has 0 saturated heterocycles. The molecule has 2 heterocycles. The SMILES string of the molecule is COc1cc2sc(C(=O)CCC(=O)O)cc2c(F)c1OCc1cc(N)cc(COc2c(OC)cc3sc(C(=O)CCC(=O)O)cc3c2F)c1. The highest BCUT2D eigenvalue weighted by Crippen LogP contribution is 2.42. The molecule has 5 rings (SSSR count). The van der Waals surface area contributed by atoms with Gasteiger partial charge in [0.25, 0.3) is 0 Å². The minimum Gasteiger partial charge on any atom is -0.493 e. The molecule has 15 heteroatoms. The van der Waals surface area contributed by atoms with Gasteiger partial charge in [0.2, 0.25) is 0 Å². The van der Waals surface area contributed by atoms with Gasteiger partial charge < -0.3 is 34.9 Å². The number of carbonyl (C=O) groups excluding carboxylic acids is 2. The summed E-state index contributed by atoms with van der Waals surface area (Å²) < 4.78 is 54.6. The topological polar surface area (TPSA) is 172 Å². The largest absolute Gasteiger partial charge is 0.493 e. The van der Waals surface area contributed by atoms with E-state index in [0.29, 0.717) is 26.2 Å². The van der Waals surface area contributed by atoms with Gasteiger partial charge in [-0.2, -0.15) is 0 Å². The summed E-state index contributed by atoms with van der Waals surface area (Å²) in [5, 5.41) is 18.0. The van der Waals surface area contributed by atoms with E-state index in [1.807, 2.05) is 0 Å². The molecule has 49 heavy (non-hydrogen) atoms. The maximum absolute atomic E-state index is 15.7. The van der Waals surface area contributed by atoms with Crippen molar-refractivity contribution in [1.82, 2.24) is 0 Å². The highest BCUT2D eigenvalue weighted by molar-refractivity contribution is 7.21. The van der Waals surface area contributed by atoms with E-state index in [4.69, 9.17) is 34.9 Å². The molecular formula is C34H29F2NO10S2. The van der Waals surface area contributed by atoms with Crippen molar-refractivity contribution in [1.29, 1.82) is 0 Å². The van der Waals surface area contributed by atoms with Gasteiger partial charge in [-0.1, -0.05) is 0 Å². The Labute approximate surface area is 285 Å². The number of halogens is 2. The average Bonchev–Trinajstić information content (AvgIpc) is 3.70. The van der Waals surface area contributed by atoms with Crippen LogP contribution in [0.3, 0.4) is 0 Å². The number of rotatable bonds is 16. The minimum atomic E-state index is -1.11. The van der Waals surface area contributed by atoms with Crippen molar-refractivity contribution in [3.8, 4) is 23.0 Å². The summed E-state index contributed by atoms with van der Waals surface area (Å²) in [5.41, 5.74) is 7.51. The number of nitrogens with two attached hydrogens (primary N) is 1. The van der Waals surface area contributed by atoms with E-state index < -0.39 is 35.1 Å². The number of carbonyl (C=O) groups is 4. The third-order valence-corrected chi connectivity index (χ3v) is 9.57. The lowest BCUT2D eigenvalue weighted by molar-refractivity contribution is -0.137. The number of ketones is 2. The van der Waals surface area contributed by atoms with Crippen molar-refractivity contribution in [2.24, 2.45) is 0 Å². The van der Waals surface area contributed by atoms with Crippen LogP contribution in [0.15, 0.2) is 42.5 Å². The summed E-state index contributed by atoms with van der Waals surface area (Å²) in [5.74, 6) is -4.80. The second kappa shape index (κ2) is 14.9. The average molecular weight is 714 g/mol. The van der Waals surface area contributed by atoms with Crippen LogP contribution in [-0.4, -0.2) is 47.9 Å². The maximum Gasteiger partial charge on any atom is 0.303 e. The van der Waals surface area contributed by atoms with Gasteiger partial charge in [-0.3, -0.25) is 19.2 Å². The Bertz CT molecular complexity index is 1960.